The first-order valence-electron chi connectivity index (χ1n) is 7.50. The molecule has 0 aliphatic heterocycles. The van der Waals surface area contributed by atoms with Gasteiger partial charge in [-0.15, -0.1) is 0 Å². The molecule has 25 heavy (non-hydrogen) atoms. The number of rotatable bonds is 4. The van der Waals surface area contributed by atoms with Gasteiger partial charge in [0.15, 0.2) is 0 Å². The van der Waals surface area contributed by atoms with E-state index < -0.39 is 11.6 Å². The number of nitrogens with zero attached hydrogens (tertiary/aromatic N) is 2. The summed E-state index contributed by atoms with van der Waals surface area (Å²) in [7, 11) is 3.06. The molecule has 1 N–H and O–H groups in total. The second-order valence-electron chi connectivity index (χ2n) is 5.53. The van der Waals surface area contributed by atoms with Gasteiger partial charge in [-0.25, -0.2) is 8.78 Å². The van der Waals surface area contributed by atoms with E-state index in [9.17, 15) is 8.78 Å². The lowest BCUT2D eigenvalue weighted by atomic mass is 10.0. The van der Waals surface area contributed by atoms with E-state index in [0.717, 1.165) is 17.8 Å². The smallest absolute Gasteiger partial charge is 0.137 e. The maximum atomic E-state index is 14.5. The van der Waals surface area contributed by atoms with Gasteiger partial charge in [0, 0.05) is 29.9 Å². The molecule has 1 aromatic heterocycles. The highest BCUT2D eigenvalue weighted by Gasteiger charge is 2.23. The van der Waals surface area contributed by atoms with Crippen molar-refractivity contribution in [2.24, 2.45) is 7.05 Å². The Morgan fingerprint density at radius 2 is 1.68 bits per heavy atom. The third kappa shape index (κ3) is 3.30. The topological polar surface area (TPSA) is 39.1 Å². The Hall–Kier alpha value is -2.60. The molecule has 0 saturated heterocycles. The molecule has 0 unspecified atom stereocenters. The predicted octanol–water partition coefficient (Wildman–Crippen LogP) is 5.08. The van der Waals surface area contributed by atoms with Gasteiger partial charge < -0.3 is 10.1 Å². The molecule has 2 aromatic carbocycles. The van der Waals surface area contributed by atoms with Crippen molar-refractivity contribution < 1.29 is 13.5 Å². The largest absolute Gasteiger partial charge is 0.497 e. The fourth-order valence-corrected chi connectivity index (χ4v) is 2.80. The van der Waals surface area contributed by atoms with Crippen molar-refractivity contribution in [1.82, 2.24) is 9.78 Å². The van der Waals surface area contributed by atoms with Gasteiger partial charge in [-0.1, -0.05) is 11.6 Å². The zero-order chi connectivity index (χ0) is 18.1. The third-order valence-corrected chi connectivity index (χ3v) is 4.08. The van der Waals surface area contributed by atoms with Gasteiger partial charge in [0.2, 0.25) is 0 Å². The molecule has 1 heterocycles. The van der Waals surface area contributed by atoms with Gasteiger partial charge >= 0.3 is 0 Å². The van der Waals surface area contributed by atoms with Crippen molar-refractivity contribution in [3.63, 3.8) is 0 Å². The van der Waals surface area contributed by atoms with Gasteiger partial charge in [0.1, 0.15) is 23.2 Å². The highest BCUT2D eigenvalue weighted by molar-refractivity contribution is 6.30. The molecule has 0 aliphatic carbocycles. The van der Waals surface area contributed by atoms with Crippen molar-refractivity contribution >= 4 is 23.1 Å². The number of nitrogens with one attached hydrogen (secondary N) is 1. The molecule has 0 atom stereocenters. The maximum Gasteiger partial charge on any atom is 0.137 e. The Morgan fingerprint density at radius 3 is 2.24 bits per heavy atom. The van der Waals surface area contributed by atoms with Crippen molar-refractivity contribution in [3.8, 4) is 16.9 Å². The SMILES string of the molecule is COc1cc(F)c(-c2c(C)nn(C)c2Nc2ccc(Cl)cc2)c(F)c1. The fourth-order valence-electron chi connectivity index (χ4n) is 2.68. The quantitative estimate of drug-likeness (QED) is 0.702. The van der Waals surface area contributed by atoms with Crippen LogP contribution in [0.25, 0.3) is 11.1 Å². The van der Waals surface area contributed by atoms with E-state index in [-0.39, 0.29) is 11.3 Å². The van der Waals surface area contributed by atoms with Crippen LogP contribution in [0.15, 0.2) is 36.4 Å². The standard InChI is InChI=1S/C18H16ClF2N3O/c1-10-16(17-14(20)8-13(25-3)9-15(17)21)18(24(2)23-10)22-12-6-4-11(19)5-7-12/h4-9,22H,1-3H3. The van der Waals surface area contributed by atoms with E-state index in [1.54, 1.807) is 42.9 Å². The lowest BCUT2D eigenvalue weighted by molar-refractivity contribution is 0.407. The van der Waals surface area contributed by atoms with E-state index in [0.29, 0.717) is 22.1 Å². The summed E-state index contributed by atoms with van der Waals surface area (Å²) in [5, 5.41) is 8.03. The molecule has 3 aromatic rings. The first-order valence-corrected chi connectivity index (χ1v) is 7.88. The van der Waals surface area contributed by atoms with E-state index in [1.807, 2.05) is 0 Å². The Balaban J connectivity index is 2.13. The molecule has 0 radical (unpaired) electrons. The maximum absolute atomic E-state index is 14.5. The summed E-state index contributed by atoms with van der Waals surface area (Å²) in [5.41, 5.74) is 1.43. The van der Waals surface area contributed by atoms with Crippen LogP contribution < -0.4 is 10.1 Å². The van der Waals surface area contributed by atoms with Gasteiger partial charge in [-0.05, 0) is 31.2 Å². The normalized spacial score (nSPS) is 10.8. The summed E-state index contributed by atoms with van der Waals surface area (Å²) in [6.07, 6.45) is 0. The van der Waals surface area contributed by atoms with Crippen LogP contribution in [0.2, 0.25) is 5.02 Å². The Morgan fingerprint density at radius 1 is 1.08 bits per heavy atom. The van der Waals surface area contributed by atoms with Crippen LogP contribution >= 0.6 is 11.6 Å². The molecule has 0 bridgehead atoms. The van der Waals surface area contributed by atoms with Crippen LogP contribution in [0.4, 0.5) is 20.3 Å². The summed E-state index contributed by atoms with van der Waals surface area (Å²) in [6, 6.07) is 9.29. The van der Waals surface area contributed by atoms with Gasteiger partial charge in [0.25, 0.3) is 0 Å². The van der Waals surface area contributed by atoms with E-state index >= 15 is 0 Å². The van der Waals surface area contributed by atoms with Crippen molar-refractivity contribution in [2.75, 3.05) is 12.4 Å². The van der Waals surface area contributed by atoms with Crippen LogP contribution in [0.1, 0.15) is 5.69 Å². The number of hydrogen-bond acceptors (Lipinski definition) is 3. The average molecular weight is 364 g/mol. The molecule has 4 nitrogen and oxygen atoms in total. The summed E-state index contributed by atoms with van der Waals surface area (Å²) >= 11 is 5.89. The number of ether oxygens (including phenoxy) is 1. The monoisotopic (exact) mass is 363 g/mol. The molecule has 0 amide bonds. The van der Waals surface area contributed by atoms with Crippen LogP contribution in [-0.4, -0.2) is 16.9 Å². The van der Waals surface area contributed by atoms with Crippen molar-refractivity contribution in [3.05, 3.63) is 58.7 Å². The summed E-state index contributed by atoms with van der Waals surface area (Å²) in [5.74, 6) is -0.838. The molecule has 0 aliphatic rings. The molecule has 0 spiro atoms. The second-order valence-corrected chi connectivity index (χ2v) is 5.97. The third-order valence-electron chi connectivity index (χ3n) is 3.83. The highest BCUT2D eigenvalue weighted by atomic mass is 35.5. The molecule has 7 heteroatoms. The van der Waals surface area contributed by atoms with E-state index in [4.69, 9.17) is 16.3 Å². The fraction of sp³-hybridized carbons (Fsp3) is 0.167. The zero-order valence-electron chi connectivity index (χ0n) is 13.9. The Labute approximate surface area is 149 Å². The van der Waals surface area contributed by atoms with Crippen molar-refractivity contribution in [2.45, 2.75) is 6.92 Å². The van der Waals surface area contributed by atoms with Gasteiger partial charge in [0.05, 0.1) is 23.9 Å². The first kappa shape index (κ1) is 17.2. The minimum atomic E-state index is -0.716. The van der Waals surface area contributed by atoms with Crippen LogP contribution in [0.5, 0.6) is 5.75 Å². The molecule has 0 fully saturated rings. The van der Waals surface area contributed by atoms with Gasteiger partial charge in [-0.3, -0.25) is 4.68 Å². The highest BCUT2D eigenvalue weighted by Crippen LogP contribution is 2.37. The van der Waals surface area contributed by atoms with Crippen LogP contribution in [0.3, 0.4) is 0 Å². The van der Waals surface area contributed by atoms with E-state index in [2.05, 4.69) is 10.4 Å². The zero-order valence-corrected chi connectivity index (χ0v) is 14.7. The molecular formula is C18H16ClF2N3O. The van der Waals surface area contributed by atoms with Crippen LogP contribution in [-0.2, 0) is 7.05 Å². The molecular weight excluding hydrogens is 348 g/mol. The number of hydrogen-bond donors (Lipinski definition) is 1. The number of aromatic nitrogens is 2. The molecule has 0 saturated carbocycles. The summed E-state index contributed by atoms with van der Waals surface area (Å²) in [6.45, 7) is 1.70. The average Bonchev–Trinajstić information content (AvgIpc) is 2.83. The summed E-state index contributed by atoms with van der Waals surface area (Å²) < 4.78 is 35.5. The van der Waals surface area contributed by atoms with Crippen molar-refractivity contribution in [1.29, 1.82) is 0 Å². The number of aryl methyl sites for hydroxylation is 2. The minimum absolute atomic E-state index is 0.118. The Bertz CT molecular complexity index is 900. The van der Waals surface area contributed by atoms with E-state index in [1.165, 1.54) is 7.11 Å². The lowest BCUT2D eigenvalue weighted by Crippen LogP contribution is -2.01. The first-order chi connectivity index (χ1) is 11.9. The number of anilines is 2. The van der Waals surface area contributed by atoms with Crippen LogP contribution in [0, 0.1) is 18.6 Å². The molecule has 130 valence electrons. The lowest BCUT2D eigenvalue weighted by Gasteiger charge is -2.12. The summed E-state index contributed by atoms with van der Waals surface area (Å²) in [4.78, 5) is 0. The predicted molar refractivity (Wildman–Crippen MR) is 94.6 cm³/mol. The number of benzene rings is 2. The number of methoxy groups -OCH3 is 1. The number of halogens is 3. The Kier molecular flexibility index (Phi) is 4.63. The van der Waals surface area contributed by atoms with Gasteiger partial charge in [-0.2, -0.15) is 5.10 Å². The minimum Gasteiger partial charge on any atom is -0.497 e. The molecule has 3 rings (SSSR count). The second kappa shape index (κ2) is 6.72.